The van der Waals surface area contributed by atoms with E-state index in [-0.39, 0.29) is 0 Å². The molecule has 0 radical (unpaired) electrons. The van der Waals surface area contributed by atoms with Gasteiger partial charge < -0.3 is 8.98 Å². The third-order valence-corrected chi connectivity index (χ3v) is 3.93. The molecule has 0 spiro atoms. The molecule has 7 heteroatoms. The SMILES string of the molecule is Cn1c(Sc2ccc(Br)cn2)nnc1-c1ccco1. The van der Waals surface area contributed by atoms with Gasteiger partial charge in [0, 0.05) is 17.7 Å². The van der Waals surface area contributed by atoms with Crippen molar-refractivity contribution in [3.63, 3.8) is 0 Å². The Hall–Kier alpha value is -1.60. The van der Waals surface area contributed by atoms with Crippen LogP contribution in [0.2, 0.25) is 0 Å². The molecule has 0 saturated heterocycles. The van der Waals surface area contributed by atoms with Crippen LogP contribution in [-0.2, 0) is 7.05 Å². The molecule has 19 heavy (non-hydrogen) atoms. The molecule has 3 heterocycles. The number of rotatable bonds is 3. The zero-order chi connectivity index (χ0) is 13.2. The van der Waals surface area contributed by atoms with Crippen LogP contribution in [0, 0.1) is 0 Å². The van der Waals surface area contributed by atoms with E-state index in [1.54, 1.807) is 12.5 Å². The van der Waals surface area contributed by atoms with Gasteiger partial charge in [0.1, 0.15) is 5.03 Å². The number of furan rings is 1. The smallest absolute Gasteiger partial charge is 0.200 e. The van der Waals surface area contributed by atoms with Crippen molar-refractivity contribution in [2.75, 3.05) is 0 Å². The molecule has 0 aromatic carbocycles. The van der Waals surface area contributed by atoms with E-state index in [1.807, 2.05) is 35.9 Å². The molecule has 0 aliphatic rings. The van der Waals surface area contributed by atoms with E-state index < -0.39 is 0 Å². The number of pyridine rings is 1. The molecular formula is C12H9BrN4OS. The second-order valence-corrected chi connectivity index (χ2v) is 5.66. The molecule has 0 N–H and O–H groups in total. The van der Waals surface area contributed by atoms with Crippen molar-refractivity contribution >= 4 is 27.7 Å². The van der Waals surface area contributed by atoms with Gasteiger partial charge >= 0.3 is 0 Å². The molecule has 96 valence electrons. The summed E-state index contributed by atoms with van der Waals surface area (Å²) in [6.07, 6.45) is 3.37. The lowest BCUT2D eigenvalue weighted by atomic mass is 10.4. The maximum absolute atomic E-state index is 5.33. The summed E-state index contributed by atoms with van der Waals surface area (Å²) in [6.45, 7) is 0. The second kappa shape index (κ2) is 5.18. The zero-order valence-corrected chi connectivity index (χ0v) is 12.3. The molecule has 0 aliphatic heterocycles. The van der Waals surface area contributed by atoms with Crippen molar-refractivity contribution in [3.8, 4) is 11.6 Å². The topological polar surface area (TPSA) is 56.7 Å². The zero-order valence-electron chi connectivity index (χ0n) is 9.95. The van der Waals surface area contributed by atoms with Crippen molar-refractivity contribution in [3.05, 3.63) is 41.2 Å². The normalized spacial score (nSPS) is 10.8. The van der Waals surface area contributed by atoms with Gasteiger partial charge in [0.2, 0.25) is 0 Å². The van der Waals surface area contributed by atoms with Gasteiger partial charge in [-0.3, -0.25) is 0 Å². The molecule has 0 saturated carbocycles. The maximum Gasteiger partial charge on any atom is 0.200 e. The van der Waals surface area contributed by atoms with Crippen molar-refractivity contribution in [2.45, 2.75) is 10.2 Å². The molecule has 0 aliphatic carbocycles. The molecular weight excluding hydrogens is 328 g/mol. The molecule has 0 fully saturated rings. The Balaban J connectivity index is 1.88. The fourth-order valence-electron chi connectivity index (χ4n) is 1.54. The van der Waals surface area contributed by atoms with Gasteiger partial charge in [-0.2, -0.15) is 0 Å². The highest BCUT2D eigenvalue weighted by Gasteiger charge is 2.14. The molecule has 3 aromatic heterocycles. The summed E-state index contributed by atoms with van der Waals surface area (Å²) < 4.78 is 8.16. The minimum absolute atomic E-state index is 0.699. The monoisotopic (exact) mass is 336 g/mol. The molecule has 0 bridgehead atoms. The Bertz CT molecular complexity index is 678. The van der Waals surface area contributed by atoms with Gasteiger partial charge in [-0.25, -0.2) is 4.98 Å². The average Bonchev–Trinajstić information content (AvgIpc) is 3.03. The Morgan fingerprint density at radius 2 is 2.16 bits per heavy atom. The molecule has 0 atom stereocenters. The van der Waals surface area contributed by atoms with Gasteiger partial charge in [0.15, 0.2) is 16.7 Å². The summed E-state index contributed by atoms with van der Waals surface area (Å²) in [6, 6.07) is 7.55. The summed E-state index contributed by atoms with van der Waals surface area (Å²) in [5, 5.41) is 9.92. The summed E-state index contributed by atoms with van der Waals surface area (Å²) in [7, 11) is 1.90. The molecule has 0 amide bonds. The highest BCUT2D eigenvalue weighted by molar-refractivity contribution is 9.10. The van der Waals surface area contributed by atoms with Crippen LogP contribution < -0.4 is 0 Å². The predicted octanol–water partition coefficient (Wildman–Crippen LogP) is 3.38. The maximum atomic E-state index is 5.33. The highest BCUT2D eigenvalue weighted by Crippen LogP contribution is 2.27. The van der Waals surface area contributed by atoms with Gasteiger partial charge in [-0.15, -0.1) is 10.2 Å². The summed E-state index contributed by atoms with van der Waals surface area (Å²) in [4.78, 5) is 4.30. The van der Waals surface area contributed by atoms with E-state index in [9.17, 15) is 0 Å². The van der Waals surface area contributed by atoms with Crippen LogP contribution in [0.5, 0.6) is 0 Å². The quantitative estimate of drug-likeness (QED) is 0.733. The first-order valence-corrected chi connectivity index (χ1v) is 7.07. The van der Waals surface area contributed by atoms with E-state index >= 15 is 0 Å². The summed E-state index contributed by atoms with van der Waals surface area (Å²) in [5.41, 5.74) is 0. The lowest BCUT2D eigenvalue weighted by Crippen LogP contribution is -1.94. The second-order valence-electron chi connectivity index (χ2n) is 3.76. The fourth-order valence-corrected chi connectivity index (χ4v) is 2.51. The predicted molar refractivity (Wildman–Crippen MR) is 74.8 cm³/mol. The average molecular weight is 337 g/mol. The largest absolute Gasteiger partial charge is 0.461 e. The van der Waals surface area contributed by atoms with Gasteiger partial charge in [-0.1, -0.05) is 0 Å². The third-order valence-electron chi connectivity index (χ3n) is 2.47. The molecule has 5 nitrogen and oxygen atoms in total. The fraction of sp³-hybridized carbons (Fsp3) is 0.0833. The van der Waals surface area contributed by atoms with Crippen molar-refractivity contribution in [1.29, 1.82) is 0 Å². The van der Waals surface area contributed by atoms with Crippen LogP contribution in [0.25, 0.3) is 11.6 Å². The van der Waals surface area contributed by atoms with Crippen molar-refractivity contribution in [2.24, 2.45) is 7.05 Å². The first kappa shape index (κ1) is 12.4. The molecule has 3 aromatic rings. The standard InChI is InChI=1S/C12H9BrN4OS/c1-17-11(9-3-2-6-18-9)15-16-12(17)19-10-5-4-8(13)7-14-10/h2-7H,1H3. The van der Waals surface area contributed by atoms with Crippen LogP contribution in [0.3, 0.4) is 0 Å². The minimum atomic E-state index is 0.699. The van der Waals surface area contributed by atoms with Crippen LogP contribution >= 0.6 is 27.7 Å². The Morgan fingerprint density at radius 3 is 2.84 bits per heavy atom. The van der Waals surface area contributed by atoms with Crippen molar-refractivity contribution < 1.29 is 4.42 Å². The lowest BCUT2D eigenvalue weighted by Gasteiger charge is -2.01. The highest BCUT2D eigenvalue weighted by atomic mass is 79.9. The number of hydrogen-bond acceptors (Lipinski definition) is 5. The van der Waals surface area contributed by atoms with E-state index in [2.05, 4.69) is 31.1 Å². The molecule has 3 rings (SSSR count). The van der Waals surface area contributed by atoms with E-state index in [0.717, 1.165) is 14.7 Å². The van der Waals surface area contributed by atoms with E-state index in [1.165, 1.54) is 11.8 Å². The van der Waals surface area contributed by atoms with Gasteiger partial charge in [-0.05, 0) is 52.0 Å². The number of halogens is 1. The minimum Gasteiger partial charge on any atom is -0.461 e. The Labute approximate surface area is 122 Å². The van der Waals surface area contributed by atoms with Crippen LogP contribution in [0.15, 0.2) is 55.8 Å². The van der Waals surface area contributed by atoms with Crippen LogP contribution in [0.4, 0.5) is 0 Å². The van der Waals surface area contributed by atoms with Crippen molar-refractivity contribution in [1.82, 2.24) is 19.7 Å². The van der Waals surface area contributed by atoms with Crippen LogP contribution in [-0.4, -0.2) is 19.7 Å². The number of hydrogen-bond donors (Lipinski definition) is 0. The summed E-state index contributed by atoms with van der Waals surface area (Å²) >= 11 is 4.82. The first-order chi connectivity index (χ1) is 9.24. The van der Waals surface area contributed by atoms with Gasteiger partial charge in [0.05, 0.1) is 6.26 Å². The third kappa shape index (κ3) is 2.57. The van der Waals surface area contributed by atoms with Crippen LogP contribution in [0.1, 0.15) is 0 Å². The number of nitrogens with zero attached hydrogens (tertiary/aromatic N) is 4. The van der Waals surface area contributed by atoms with Gasteiger partial charge in [0.25, 0.3) is 0 Å². The Morgan fingerprint density at radius 1 is 1.26 bits per heavy atom. The number of aromatic nitrogens is 4. The molecule has 0 unspecified atom stereocenters. The summed E-state index contributed by atoms with van der Waals surface area (Å²) in [5.74, 6) is 1.40. The Kier molecular flexibility index (Phi) is 3.39. The first-order valence-electron chi connectivity index (χ1n) is 5.47. The van der Waals surface area contributed by atoms with E-state index in [4.69, 9.17) is 4.42 Å². The lowest BCUT2D eigenvalue weighted by molar-refractivity contribution is 0.572. The van der Waals surface area contributed by atoms with E-state index in [0.29, 0.717) is 11.6 Å².